The van der Waals surface area contributed by atoms with Crippen LogP contribution in [-0.4, -0.2) is 28.7 Å². The van der Waals surface area contributed by atoms with Gasteiger partial charge in [0.05, 0.1) is 0 Å². The average Bonchev–Trinajstić information content (AvgIpc) is 2.29. The molecule has 1 rings (SSSR count). The fourth-order valence-electron chi connectivity index (χ4n) is 1.46. The van der Waals surface area contributed by atoms with E-state index in [9.17, 15) is 4.21 Å². The molecule has 0 aromatic heterocycles. The minimum Gasteiger partial charge on any atom is -0.396 e. The molecule has 0 amide bonds. The second-order valence-corrected chi connectivity index (χ2v) is 5.16. The van der Waals surface area contributed by atoms with Crippen molar-refractivity contribution >= 4 is 10.8 Å². The van der Waals surface area contributed by atoms with Gasteiger partial charge in [0.15, 0.2) is 0 Å². The van der Waals surface area contributed by atoms with Crippen LogP contribution in [0.25, 0.3) is 0 Å². The van der Waals surface area contributed by atoms with E-state index in [1.807, 2.05) is 24.3 Å². The van der Waals surface area contributed by atoms with E-state index < -0.39 is 10.8 Å². The Morgan fingerprint density at radius 1 is 1.38 bits per heavy atom. The Labute approximate surface area is 99.3 Å². The lowest BCUT2D eigenvalue weighted by atomic mass is 10.1. The molecule has 0 saturated heterocycles. The van der Waals surface area contributed by atoms with Crippen molar-refractivity contribution in [1.29, 1.82) is 0 Å². The van der Waals surface area contributed by atoms with E-state index in [1.54, 1.807) is 6.26 Å². The van der Waals surface area contributed by atoms with Crippen molar-refractivity contribution in [2.24, 2.45) is 0 Å². The molecule has 0 fully saturated rings. The summed E-state index contributed by atoms with van der Waals surface area (Å²) in [7, 11) is -0.911. The van der Waals surface area contributed by atoms with Gasteiger partial charge in [-0.3, -0.25) is 4.21 Å². The lowest BCUT2D eigenvalue weighted by molar-refractivity contribution is 0.284. The lowest BCUT2D eigenvalue weighted by Gasteiger charge is -2.14. The van der Waals surface area contributed by atoms with Crippen molar-refractivity contribution in [3.8, 4) is 0 Å². The average molecular weight is 241 g/mol. The van der Waals surface area contributed by atoms with Crippen molar-refractivity contribution in [3.05, 3.63) is 29.8 Å². The highest BCUT2D eigenvalue weighted by Crippen LogP contribution is 2.14. The lowest BCUT2D eigenvalue weighted by Crippen LogP contribution is -2.20. The Morgan fingerprint density at radius 3 is 2.50 bits per heavy atom. The second kappa shape index (κ2) is 6.78. The van der Waals surface area contributed by atoms with Crippen LogP contribution in [0.3, 0.4) is 0 Å². The molecule has 2 unspecified atom stereocenters. The van der Waals surface area contributed by atoms with Crippen LogP contribution >= 0.6 is 0 Å². The van der Waals surface area contributed by atoms with Crippen molar-refractivity contribution in [2.45, 2.75) is 24.3 Å². The highest BCUT2D eigenvalue weighted by Gasteiger charge is 2.04. The van der Waals surface area contributed by atoms with Gasteiger partial charge >= 0.3 is 0 Å². The second-order valence-electron chi connectivity index (χ2n) is 3.78. The smallest absolute Gasteiger partial charge is 0.0498 e. The molecule has 1 aromatic carbocycles. The van der Waals surface area contributed by atoms with E-state index in [0.29, 0.717) is 0 Å². The van der Waals surface area contributed by atoms with E-state index >= 15 is 0 Å². The SMILES string of the molecule is CC(NCCCO)c1ccc(S(C)=O)cc1. The molecule has 0 saturated carbocycles. The van der Waals surface area contributed by atoms with E-state index in [1.165, 1.54) is 5.56 Å². The maximum Gasteiger partial charge on any atom is 0.0498 e. The number of nitrogens with one attached hydrogen (secondary N) is 1. The number of hydrogen-bond donors (Lipinski definition) is 2. The number of aliphatic hydroxyl groups excluding tert-OH is 1. The summed E-state index contributed by atoms with van der Waals surface area (Å²) in [6.45, 7) is 3.10. The molecule has 16 heavy (non-hydrogen) atoms. The summed E-state index contributed by atoms with van der Waals surface area (Å²) >= 11 is 0. The molecule has 2 atom stereocenters. The van der Waals surface area contributed by atoms with E-state index in [2.05, 4.69) is 12.2 Å². The first-order valence-electron chi connectivity index (χ1n) is 5.42. The molecular formula is C12H19NO2S. The zero-order valence-electron chi connectivity index (χ0n) is 9.77. The Balaban J connectivity index is 2.56. The van der Waals surface area contributed by atoms with Crippen LogP contribution < -0.4 is 5.32 Å². The van der Waals surface area contributed by atoms with E-state index in [-0.39, 0.29) is 12.6 Å². The summed E-state index contributed by atoms with van der Waals surface area (Å²) in [6.07, 6.45) is 2.44. The fraction of sp³-hybridized carbons (Fsp3) is 0.500. The first-order valence-corrected chi connectivity index (χ1v) is 6.98. The van der Waals surface area contributed by atoms with Gasteiger partial charge in [0.2, 0.25) is 0 Å². The van der Waals surface area contributed by atoms with Crippen molar-refractivity contribution < 1.29 is 9.32 Å². The van der Waals surface area contributed by atoms with Crippen LogP contribution in [-0.2, 0) is 10.8 Å². The normalized spacial score (nSPS) is 14.7. The quantitative estimate of drug-likeness (QED) is 0.741. The van der Waals surface area contributed by atoms with Gasteiger partial charge in [0.25, 0.3) is 0 Å². The molecule has 0 heterocycles. The summed E-state index contributed by atoms with van der Waals surface area (Å²) < 4.78 is 11.2. The molecule has 3 nitrogen and oxygen atoms in total. The van der Waals surface area contributed by atoms with Crippen LogP contribution in [0.2, 0.25) is 0 Å². The van der Waals surface area contributed by atoms with Crippen LogP contribution in [0.5, 0.6) is 0 Å². The molecule has 0 spiro atoms. The summed E-state index contributed by atoms with van der Waals surface area (Å²) in [6, 6.07) is 8.04. The van der Waals surface area contributed by atoms with Gasteiger partial charge in [0, 0.05) is 34.6 Å². The van der Waals surface area contributed by atoms with E-state index in [0.717, 1.165) is 17.9 Å². The molecule has 90 valence electrons. The van der Waals surface area contributed by atoms with Crippen molar-refractivity contribution in [2.75, 3.05) is 19.4 Å². The maximum atomic E-state index is 11.2. The van der Waals surface area contributed by atoms with Crippen molar-refractivity contribution in [3.63, 3.8) is 0 Å². The fourth-order valence-corrected chi connectivity index (χ4v) is 1.98. The Bertz CT molecular complexity index is 337. The number of hydrogen-bond acceptors (Lipinski definition) is 3. The highest BCUT2D eigenvalue weighted by molar-refractivity contribution is 7.84. The molecule has 2 N–H and O–H groups in total. The van der Waals surface area contributed by atoms with Gasteiger partial charge in [-0.25, -0.2) is 0 Å². The zero-order valence-corrected chi connectivity index (χ0v) is 10.6. The standard InChI is InChI=1S/C12H19NO2S/c1-10(13-8-3-9-14)11-4-6-12(7-5-11)16(2)15/h4-7,10,13-14H,3,8-9H2,1-2H3. The van der Waals surface area contributed by atoms with Crippen LogP contribution in [0.1, 0.15) is 24.9 Å². The highest BCUT2D eigenvalue weighted by atomic mass is 32.2. The maximum absolute atomic E-state index is 11.2. The Hall–Kier alpha value is -0.710. The molecule has 4 heteroatoms. The third-order valence-corrected chi connectivity index (χ3v) is 3.43. The van der Waals surface area contributed by atoms with Crippen LogP contribution in [0.15, 0.2) is 29.2 Å². The third kappa shape index (κ3) is 4.04. The van der Waals surface area contributed by atoms with E-state index in [4.69, 9.17) is 5.11 Å². The Kier molecular flexibility index (Phi) is 5.66. The van der Waals surface area contributed by atoms with Gasteiger partial charge in [-0.1, -0.05) is 12.1 Å². The monoisotopic (exact) mass is 241 g/mol. The molecular weight excluding hydrogens is 222 g/mol. The summed E-state index contributed by atoms with van der Waals surface area (Å²) in [5.74, 6) is 0. The molecule has 0 aliphatic carbocycles. The zero-order chi connectivity index (χ0) is 12.0. The molecule has 0 aliphatic rings. The van der Waals surface area contributed by atoms with Crippen LogP contribution in [0, 0.1) is 0 Å². The number of aliphatic hydroxyl groups is 1. The first kappa shape index (κ1) is 13.4. The minimum absolute atomic E-state index is 0.216. The molecule has 0 radical (unpaired) electrons. The topological polar surface area (TPSA) is 49.3 Å². The molecule has 0 bridgehead atoms. The van der Waals surface area contributed by atoms with Crippen LogP contribution in [0.4, 0.5) is 0 Å². The minimum atomic E-state index is -0.911. The van der Waals surface area contributed by atoms with Gasteiger partial charge in [0.1, 0.15) is 0 Å². The predicted molar refractivity (Wildman–Crippen MR) is 66.9 cm³/mol. The first-order chi connectivity index (χ1) is 7.65. The predicted octanol–water partition coefficient (Wildman–Crippen LogP) is 1.46. The summed E-state index contributed by atoms with van der Waals surface area (Å²) in [5.41, 5.74) is 1.17. The van der Waals surface area contributed by atoms with Gasteiger partial charge in [-0.2, -0.15) is 0 Å². The third-order valence-electron chi connectivity index (χ3n) is 2.50. The van der Waals surface area contributed by atoms with Gasteiger partial charge < -0.3 is 10.4 Å². The molecule has 1 aromatic rings. The Morgan fingerprint density at radius 2 is 2.00 bits per heavy atom. The number of benzene rings is 1. The van der Waals surface area contributed by atoms with Gasteiger partial charge in [-0.05, 0) is 37.6 Å². The summed E-state index contributed by atoms with van der Waals surface area (Å²) in [4.78, 5) is 0.853. The van der Waals surface area contributed by atoms with Crippen molar-refractivity contribution in [1.82, 2.24) is 5.32 Å². The largest absolute Gasteiger partial charge is 0.396 e. The van der Waals surface area contributed by atoms with Gasteiger partial charge in [-0.15, -0.1) is 0 Å². The summed E-state index contributed by atoms with van der Waals surface area (Å²) in [5, 5.41) is 12.0. The molecule has 0 aliphatic heterocycles. The number of rotatable bonds is 6.